The Bertz CT molecular complexity index is 324. The van der Waals surface area contributed by atoms with E-state index in [-0.39, 0.29) is 18.7 Å². The van der Waals surface area contributed by atoms with Crippen molar-refractivity contribution in [2.75, 3.05) is 6.61 Å². The van der Waals surface area contributed by atoms with Crippen molar-refractivity contribution < 1.29 is 13.9 Å². The van der Waals surface area contributed by atoms with Crippen molar-refractivity contribution in [3.05, 3.63) is 35.4 Å². The number of hydrogen-bond acceptors (Lipinski definition) is 2. The highest BCUT2D eigenvalue weighted by Crippen LogP contribution is 2.16. The van der Waals surface area contributed by atoms with Gasteiger partial charge in [0, 0.05) is 24.8 Å². The van der Waals surface area contributed by atoms with Crippen LogP contribution < -0.4 is 5.32 Å². The maximum atomic E-state index is 13.0. The fourth-order valence-corrected chi connectivity index (χ4v) is 1.63. The molecule has 0 fully saturated rings. The van der Waals surface area contributed by atoms with Gasteiger partial charge in [0.05, 0.1) is 0 Å². The number of benzene rings is 1. The van der Waals surface area contributed by atoms with Gasteiger partial charge in [-0.1, -0.05) is 0 Å². The average molecular weight is 229 g/mol. The highest BCUT2D eigenvalue weighted by Gasteiger charge is 2.11. The van der Waals surface area contributed by atoms with Crippen molar-refractivity contribution >= 4 is 0 Å². The van der Waals surface area contributed by atoms with Gasteiger partial charge in [0.25, 0.3) is 0 Å². The van der Waals surface area contributed by atoms with Crippen molar-refractivity contribution in [1.82, 2.24) is 5.32 Å². The van der Waals surface area contributed by atoms with Gasteiger partial charge in [-0.3, -0.25) is 0 Å². The Balaban J connectivity index is 2.68. The molecule has 0 aliphatic carbocycles. The Morgan fingerprint density at radius 1 is 1.19 bits per heavy atom. The lowest BCUT2D eigenvalue weighted by Crippen LogP contribution is -2.29. The van der Waals surface area contributed by atoms with E-state index in [1.165, 1.54) is 12.1 Å². The van der Waals surface area contributed by atoms with Crippen LogP contribution in [-0.2, 0) is 0 Å². The molecule has 0 amide bonds. The number of rotatable bonds is 5. The zero-order chi connectivity index (χ0) is 12.1. The van der Waals surface area contributed by atoms with Crippen LogP contribution in [0.4, 0.5) is 8.78 Å². The topological polar surface area (TPSA) is 32.3 Å². The molecule has 4 heteroatoms. The Hall–Kier alpha value is -1.00. The Morgan fingerprint density at radius 3 is 2.25 bits per heavy atom. The van der Waals surface area contributed by atoms with E-state index in [1.807, 2.05) is 13.8 Å². The van der Waals surface area contributed by atoms with Crippen molar-refractivity contribution in [3.63, 3.8) is 0 Å². The zero-order valence-electron chi connectivity index (χ0n) is 9.50. The van der Waals surface area contributed by atoms with E-state index in [0.29, 0.717) is 12.0 Å². The van der Waals surface area contributed by atoms with E-state index in [0.717, 1.165) is 6.07 Å². The van der Waals surface area contributed by atoms with E-state index in [2.05, 4.69) is 5.32 Å². The molecule has 0 bridgehead atoms. The molecule has 2 nitrogen and oxygen atoms in total. The van der Waals surface area contributed by atoms with E-state index >= 15 is 0 Å². The first kappa shape index (κ1) is 13.1. The van der Waals surface area contributed by atoms with Crippen LogP contribution in [0.2, 0.25) is 0 Å². The average Bonchev–Trinajstić information content (AvgIpc) is 2.16. The minimum absolute atomic E-state index is 0.0956. The molecule has 0 saturated heterocycles. The van der Waals surface area contributed by atoms with E-state index in [1.54, 1.807) is 0 Å². The minimum atomic E-state index is -0.571. The highest BCUT2D eigenvalue weighted by molar-refractivity contribution is 5.20. The summed E-state index contributed by atoms with van der Waals surface area (Å²) in [5.41, 5.74) is 0.572. The molecule has 1 unspecified atom stereocenters. The van der Waals surface area contributed by atoms with Crippen LogP contribution in [0.1, 0.15) is 31.9 Å². The van der Waals surface area contributed by atoms with Crippen molar-refractivity contribution in [1.29, 1.82) is 0 Å². The van der Waals surface area contributed by atoms with Crippen LogP contribution in [0, 0.1) is 11.6 Å². The molecular formula is C12H17F2NO. The quantitative estimate of drug-likeness (QED) is 0.812. The van der Waals surface area contributed by atoms with Gasteiger partial charge in [0.2, 0.25) is 0 Å². The first-order valence-electron chi connectivity index (χ1n) is 5.36. The second kappa shape index (κ2) is 5.92. The van der Waals surface area contributed by atoms with Crippen LogP contribution in [0.15, 0.2) is 18.2 Å². The Labute approximate surface area is 94.3 Å². The zero-order valence-corrected chi connectivity index (χ0v) is 9.50. The van der Waals surface area contributed by atoms with Crippen molar-refractivity contribution in [2.24, 2.45) is 0 Å². The SMILES string of the molecule is CC(N[C@H](C)CCO)c1cc(F)cc(F)c1. The maximum Gasteiger partial charge on any atom is 0.126 e. The molecule has 0 heterocycles. The van der Waals surface area contributed by atoms with Crippen molar-refractivity contribution in [2.45, 2.75) is 32.4 Å². The van der Waals surface area contributed by atoms with Crippen LogP contribution in [0.5, 0.6) is 0 Å². The summed E-state index contributed by atoms with van der Waals surface area (Å²) in [5, 5.41) is 11.9. The highest BCUT2D eigenvalue weighted by atomic mass is 19.1. The van der Waals surface area contributed by atoms with E-state index < -0.39 is 11.6 Å². The first-order chi connectivity index (χ1) is 7.52. The second-order valence-electron chi connectivity index (χ2n) is 4.00. The molecule has 0 aromatic heterocycles. The second-order valence-corrected chi connectivity index (χ2v) is 4.00. The van der Waals surface area contributed by atoms with Gasteiger partial charge in [-0.2, -0.15) is 0 Å². The van der Waals surface area contributed by atoms with E-state index in [9.17, 15) is 8.78 Å². The monoisotopic (exact) mass is 229 g/mol. The van der Waals surface area contributed by atoms with Gasteiger partial charge in [-0.15, -0.1) is 0 Å². The van der Waals surface area contributed by atoms with Crippen molar-refractivity contribution in [3.8, 4) is 0 Å². The van der Waals surface area contributed by atoms with Crippen LogP contribution in [0.25, 0.3) is 0 Å². The molecule has 90 valence electrons. The number of aliphatic hydroxyl groups is 1. The Kier molecular flexibility index (Phi) is 4.83. The summed E-state index contributed by atoms with van der Waals surface area (Å²) in [5.74, 6) is -1.14. The normalized spacial score (nSPS) is 14.8. The molecule has 1 rings (SSSR count). The van der Waals surface area contributed by atoms with Gasteiger partial charge >= 0.3 is 0 Å². The molecule has 16 heavy (non-hydrogen) atoms. The lowest BCUT2D eigenvalue weighted by atomic mass is 10.1. The largest absolute Gasteiger partial charge is 0.396 e. The predicted octanol–water partition coefficient (Wildman–Crippen LogP) is 2.39. The third-order valence-electron chi connectivity index (χ3n) is 2.48. The van der Waals surface area contributed by atoms with Crippen LogP contribution >= 0.6 is 0 Å². The molecule has 1 aromatic carbocycles. The number of aliphatic hydroxyl groups excluding tert-OH is 1. The number of hydrogen-bond donors (Lipinski definition) is 2. The summed E-state index contributed by atoms with van der Waals surface area (Å²) in [6.45, 7) is 3.85. The predicted molar refractivity (Wildman–Crippen MR) is 59.1 cm³/mol. The van der Waals surface area contributed by atoms with Gasteiger partial charge in [-0.05, 0) is 38.0 Å². The number of nitrogens with one attached hydrogen (secondary N) is 1. The smallest absolute Gasteiger partial charge is 0.126 e. The van der Waals surface area contributed by atoms with Gasteiger partial charge in [-0.25, -0.2) is 8.78 Å². The third-order valence-corrected chi connectivity index (χ3v) is 2.48. The Morgan fingerprint density at radius 2 is 1.75 bits per heavy atom. The first-order valence-corrected chi connectivity index (χ1v) is 5.36. The van der Waals surface area contributed by atoms with E-state index in [4.69, 9.17) is 5.11 Å². The lowest BCUT2D eigenvalue weighted by molar-refractivity contribution is 0.264. The summed E-state index contributed by atoms with van der Waals surface area (Å²) in [7, 11) is 0. The summed E-state index contributed by atoms with van der Waals surface area (Å²) < 4.78 is 25.9. The molecule has 0 aliphatic heterocycles. The standard InChI is InChI=1S/C12H17F2NO/c1-8(3-4-16)15-9(2)10-5-11(13)7-12(14)6-10/h5-9,15-16H,3-4H2,1-2H3/t8-,9?/m1/s1. The molecule has 0 spiro atoms. The van der Waals surface area contributed by atoms with Crippen LogP contribution in [-0.4, -0.2) is 17.8 Å². The molecule has 0 aliphatic rings. The molecule has 0 saturated carbocycles. The van der Waals surface area contributed by atoms with Crippen LogP contribution in [0.3, 0.4) is 0 Å². The number of halogens is 2. The maximum absolute atomic E-state index is 13.0. The molecule has 2 N–H and O–H groups in total. The third kappa shape index (κ3) is 3.87. The molecule has 0 radical (unpaired) electrons. The fourth-order valence-electron chi connectivity index (χ4n) is 1.63. The lowest BCUT2D eigenvalue weighted by Gasteiger charge is -2.19. The summed E-state index contributed by atoms with van der Waals surface area (Å²) >= 11 is 0. The fraction of sp³-hybridized carbons (Fsp3) is 0.500. The molecule has 1 aromatic rings. The molecule has 2 atom stereocenters. The summed E-state index contributed by atoms with van der Waals surface area (Å²) in [6, 6.07) is 3.43. The van der Waals surface area contributed by atoms with Gasteiger partial charge in [0.15, 0.2) is 0 Å². The minimum Gasteiger partial charge on any atom is -0.396 e. The summed E-state index contributed by atoms with van der Waals surface area (Å²) in [4.78, 5) is 0. The van der Waals surface area contributed by atoms with Gasteiger partial charge in [0.1, 0.15) is 11.6 Å². The molecular weight excluding hydrogens is 212 g/mol. The summed E-state index contributed by atoms with van der Waals surface area (Å²) in [6.07, 6.45) is 0.613. The van der Waals surface area contributed by atoms with Gasteiger partial charge < -0.3 is 10.4 Å².